The summed E-state index contributed by atoms with van der Waals surface area (Å²) in [5.74, 6) is 1.30. The van der Waals surface area contributed by atoms with E-state index >= 15 is 0 Å². The Morgan fingerprint density at radius 2 is 1.83 bits per heavy atom. The summed E-state index contributed by atoms with van der Waals surface area (Å²) in [6, 6.07) is 8.49. The summed E-state index contributed by atoms with van der Waals surface area (Å²) in [7, 11) is 0. The largest absolute Gasteiger partial charge is 0.355 e. The number of rotatable bonds is 7. The van der Waals surface area contributed by atoms with Gasteiger partial charge >= 0.3 is 0 Å². The average Bonchev–Trinajstić information content (AvgIpc) is 2.38. The zero-order chi connectivity index (χ0) is 13.4. The van der Waals surface area contributed by atoms with Gasteiger partial charge in [0.2, 0.25) is 5.91 Å². The lowest BCUT2D eigenvalue weighted by atomic mass is 10.0. The van der Waals surface area contributed by atoms with Gasteiger partial charge in [-0.25, -0.2) is 0 Å². The van der Waals surface area contributed by atoms with Crippen LogP contribution in [0.1, 0.15) is 32.3 Å². The number of hydrogen-bond acceptors (Lipinski definition) is 2. The first kappa shape index (κ1) is 15.1. The minimum Gasteiger partial charge on any atom is -0.355 e. The molecular formula is C15H23NOS. The molecule has 0 atom stereocenters. The number of benzene rings is 1. The number of carbonyl (C=O) groups is 1. The first-order chi connectivity index (χ1) is 8.67. The maximum atomic E-state index is 11.7. The Bertz CT molecular complexity index is 357. The van der Waals surface area contributed by atoms with Crippen LogP contribution in [0.4, 0.5) is 0 Å². The quantitative estimate of drug-likeness (QED) is 0.602. The van der Waals surface area contributed by atoms with E-state index in [1.165, 1.54) is 10.5 Å². The second kappa shape index (κ2) is 8.20. The summed E-state index contributed by atoms with van der Waals surface area (Å²) >= 11 is 1.78. The Morgan fingerprint density at radius 1 is 1.22 bits per heavy atom. The third kappa shape index (κ3) is 5.13. The highest BCUT2D eigenvalue weighted by atomic mass is 32.2. The zero-order valence-electron chi connectivity index (χ0n) is 11.5. The van der Waals surface area contributed by atoms with Crippen molar-refractivity contribution in [1.82, 2.24) is 5.32 Å². The van der Waals surface area contributed by atoms with Crippen molar-refractivity contribution in [2.24, 2.45) is 5.92 Å². The molecule has 0 radical (unpaired) electrons. The third-order valence-electron chi connectivity index (χ3n) is 3.05. The summed E-state index contributed by atoms with van der Waals surface area (Å²) in [4.78, 5) is 13.0. The molecule has 0 unspecified atom stereocenters. The van der Waals surface area contributed by atoms with E-state index in [1.54, 1.807) is 11.8 Å². The van der Waals surface area contributed by atoms with Gasteiger partial charge in [0, 0.05) is 23.1 Å². The van der Waals surface area contributed by atoms with Crippen molar-refractivity contribution < 1.29 is 4.79 Å². The van der Waals surface area contributed by atoms with Crippen LogP contribution in [0.2, 0.25) is 0 Å². The van der Waals surface area contributed by atoms with Crippen LogP contribution in [0.15, 0.2) is 29.2 Å². The van der Waals surface area contributed by atoms with Gasteiger partial charge in [0.15, 0.2) is 0 Å². The first-order valence-electron chi connectivity index (χ1n) is 6.64. The fraction of sp³-hybridized carbons (Fsp3) is 0.533. The molecule has 1 aromatic rings. The summed E-state index contributed by atoms with van der Waals surface area (Å²) in [6.07, 6.45) is 1.85. The molecule has 2 nitrogen and oxygen atoms in total. The lowest BCUT2D eigenvalue weighted by Gasteiger charge is -2.12. The lowest BCUT2D eigenvalue weighted by molar-refractivity contribution is -0.125. The van der Waals surface area contributed by atoms with Gasteiger partial charge in [0.25, 0.3) is 0 Å². The van der Waals surface area contributed by atoms with Crippen molar-refractivity contribution in [2.45, 2.75) is 38.5 Å². The standard InChI is InChI=1S/C15H23NOS/c1-4-13(5-2)15(17)16-10-11-18-14-8-6-12(3)7-9-14/h6-9,13H,4-5,10-11H2,1-3H3,(H,16,17). The van der Waals surface area contributed by atoms with Crippen LogP contribution in [-0.4, -0.2) is 18.2 Å². The van der Waals surface area contributed by atoms with Crippen molar-refractivity contribution in [2.75, 3.05) is 12.3 Å². The molecule has 1 N–H and O–H groups in total. The Labute approximate surface area is 115 Å². The van der Waals surface area contributed by atoms with Gasteiger partial charge in [-0.15, -0.1) is 11.8 Å². The van der Waals surface area contributed by atoms with E-state index in [9.17, 15) is 4.79 Å². The van der Waals surface area contributed by atoms with E-state index in [2.05, 4.69) is 50.4 Å². The van der Waals surface area contributed by atoms with E-state index in [0.717, 1.165) is 25.1 Å². The fourth-order valence-corrected chi connectivity index (χ4v) is 2.55. The van der Waals surface area contributed by atoms with E-state index in [1.807, 2.05) is 0 Å². The highest BCUT2D eigenvalue weighted by Gasteiger charge is 2.12. The van der Waals surface area contributed by atoms with Crippen molar-refractivity contribution in [3.63, 3.8) is 0 Å². The van der Waals surface area contributed by atoms with Crippen LogP contribution in [0.25, 0.3) is 0 Å². The van der Waals surface area contributed by atoms with E-state index < -0.39 is 0 Å². The van der Waals surface area contributed by atoms with Gasteiger partial charge in [-0.2, -0.15) is 0 Å². The second-order valence-electron chi connectivity index (χ2n) is 4.47. The molecule has 0 aliphatic heterocycles. The Balaban J connectivity index is 2.22. The molecule has 1 amide bonds. The van der Waals surface area contributed by atoms with Crippen LogP contribution < -0.4 is 5.32 Å². The molecule has 0 aliphatic rings. The Hall–Kier alpha value is -0.960. The number of nitrogens with one attached hydrogen (secondary N) is 1. The van der Waals surface area contributed by atoms with E-state index in [0.29, 0.717) is 0 Å². The summed E-state index contributed by atoms with van der Waals surface area (Å²) < 4.78 is 0. The van der Waals surface area contributed by atoms with Crippen molar-refractivity contribution in [3.05, 3.63) is 29.8 Å². The topological polar surface area (TPSA) is 29.1 Å². The molecule has 1 aromatic carbocycles. The molecule has 0 aliphatic carbocycles. The van der Waals surface area contributed by atoms with Gasteiger partial charge in [-0.3, -0.25) is 4.79 Å². The molecule has 0 saturated carbocycles. The van der Waals surface area contributed by atoms with Gasteiger partial charge in [-0.1, -0.05) is 31.5 Å². The molecule has 0 bridgehead atoms. The lowest BCUT2D eigenvalue weighted by Crippen LogP contribution is -2.31. The number of carbonyl (C=O) groups excluding carboxylic acids is 1. The number of hydrogen-bond donors (Lipinski definition) is 1. The molecule has 100 valence electrons. The smallest absolute Gasteiger partial charge is 0.223 e. The number of aryl methyl sites for hydroxylation is 1. The van der Waals surface area contributed by atoms with Gasteiger partial charge < -0.3 is 5.32 Å². The minimum atomic E-state index is 0.175. The molecule has 0 heterocycles. The predicted octanol–water partition coefficient (Wildman–Crippen LogP) is 3.64. The molecular weight excluding hydrogens is 242 g/mol. The van der Waals surface area contributed by atoms with Crippen LogP contribution >= 0.6 is 11.8 Å². The van der Waals surface area contributed by atoms with Crippen LogP contribution in [0, 0.1) is 12.8 Å². The average molecular weight is 265 g/mol. The SMILES string of the molecule is CCC(CC)C(=O)NCCSc1ccc(C)cc1. The van der Waals surface area contributed by atoms with Gasteiger partial charge in [-0.05, 0) is 31.9 Å². The summed E-state index contributed by atoms with van der Waals surface area (Å²) in [5, 5.41) is 3.01. The maximum absolute atomic E-state index is 11.7. The zero-order valence-corrected chi connectivity index (χ0v) is 12.3. The van der Waals surface area contributed by atoms with Crippen LogP contribution in [0.3, 0.4) is 0 Å². The summed E-state index contributed by atoms with van der Waals surface area (Å²) in [5.41, 5.74) is 1.28. The highest BCUT2D eigenvalue weighted by molar-refractivity contribution is 7.99. The second-order valence-corrected chi connectivity index (χ2v) is 5.63. The normalized spacial score (nSPS) is 10.7. The van der Waals surface area contributed by atoms with Gasteiger partial charge in [0.1, 0.15) is 0 Å². The van der Waals surface area contributed by atoms with E-state index in [-0.39, 0.29) is 11.8 Å². The molecule has 0 spiro atoms. The third-order valence-corrected chi connectivity index (χ3v) is 4.06. The van der Waals surface area contributed by atoms with Gasteiger partial charge in [0.05, 0.1) is 0 Å². The first-order valence-corrected chi connectivity index (χ1v) is 7.63. The maximum Gasteiger partial charge on any atom is 0.223 e. The molecule has 3 heteroatoms. The number of amides is 1. The van der Waals surface area contributed by atoms with Crippen molar-refractivity contribution >= 4 is 17.7 Å². The van der Waals surface area contributed by atoms with Crippen molar-refractivity contribution in [1.29, 1.82) is 0 Å². The fourth-order valence-electron chi connectivity index (χ4n) is 1.78. The van der Waals surface area contributed by atoms with E-state index in [4.69, 9.17) is 0 Å². The molecule has 0 fully saturated rings. The van der Waals surface area contributed by atoms with Crippen molar-refractivity contribution in [3.8, 4) is 0 Å². The Kier molecular flexibility index (Phi) is 6.88. The Morgan fingerprint density at radius 3 is 2.39 bits per heavy atom. The molecule has 18 heavy (non-hydrogen) atoms. The minimum absolute atomic E-state index is 0.175. The molecule has 0 saturated heterocycles. The van der Waals surface area contributed by atoms with Crippen LogP contribution in [-0.2, 0) is 4.79 Å². The molecule has 0 aromatic heterocycles. The number of thioether (sulfide) groups is 1. The predicted molar refractivity (Wildman–Crippen MR) is 79.0 cm³/mol. The molecule has 1 rings (SSSR count). The van der Waals surface area contributed by atoms with Crippen LogP contribution in [0.5, 0.6) is 0 Å². The highest BCUT2D eigenvalue weighted by Crippen LogP contribution is 2.17. The monoisotopic (exact) mass is 265 g/mol. The summed E-state index contributed by atoms with van der Waals surface area (Å²) in [6.45, 7) is 6.96.